The fourth-order valence-corrected chi connectivity index (χ4v) is 1.85. The van der Waals surface area contributed by atoms with Gasteiger partial charge in [-0.2, -0.15) is 0 Å². The summed E-state index contributed by atoms with van der Waals surface area (Å²) in [6.45, 7) is 0. The molecule has 0 aliphatic carbocycles. The fourth-order valence-electron chi connectivity index (χ4n) is 1.31. The predicted octanol–water partition coefficient (Wildman–Crippen LogP) is 1.02. The highest BCUT2D eigenvalue weighted by atomic mass is 32.2. The van der Waals surface area contributed by atoms with Gasteiger partial charge in [-0.3, -0.25) is 4.99 Å². The Bertz CT molecular complexity index is 525. The van der Waals surface area contributed by atoms with Crippen molar-refractivity contribution < 1.29 is 8.42 Å². The van der Waals surface area contributed by atoms with Crippen LogP contribution in [0.15, 0.2) is 22.4 Å². The molecular formula is C9H11N3O2S. The topological polar surface area (TPSA) is 75.2 Å². The molecule has 0 radical (unpaired) electrons. The number of hydrogen-bond acceptors (Lipinski definition) is 4. The van der Waals surface area contributed by atoms with Gasteiger partial charge in [0.05, 0.1) is 17.6 Å². The first-order valence-electron chi connectivity index (χ1n) is 4.55. The molecule has 1 aliphatic rings. The number of aliphatic imine (C=N–C) groups is 1. The van der Waals surface area contributed by atoms with Gasteiger partial charge in [0.25, 0.3) is 0 Å². The SMILES string of the molecule is CS(=O)(=O)c1ncc(C2=CCCC=N2)[nH]1. The lowest BCUT2D eigenvalue weighted by Crippen LogP contribution is -1.99. The number of aromatic amines is 1. The molecule has 0 saturated heterocycles. The first kappa shape index (κ1) is 10.1. The van der Waals surface area contributed by atoms with E-state index in [1.165, 1.54) is 6.20 Å². The molecule has 80 valence electrons. The van der Waals surface area contributed by atoms with Gasteiger partial charge in [-0.1, -0.05) is 6.08 Å². The average Bonchev–Trinajstić information content (AvgIpc) is 2.67. The van der Waals surface area contributed by atoms with Crippen LogP contribution in [0, 0.1) is 0 Å². The number of H-pyrrole nitrogens is 1. The zero-order valence-electron chi connectivity index (χ0n) is 8.27. The molecule has 0 fully saturated rings. The molecule has 0 spiro atoms. The summed E-state index contributed by atoms with van der Waals surface area (Å²) in [6.07, 6.45) is 8.23. The zero-order chi connectivity index (χ0) is 10.9. The lowest BCUT2D eigenvalue weighted by molar-refractivity contribution is 0.595. The van der Waals surface area contributed by atoms with Gasteiger partial charge in [-0.25, -0.2) is 13.4 Å². The smallest absolute Gasteiger partial charge is 0.225 e. The maximum absolute atomic E-state index is 11.2. The summed E-state index contributed by atoms with van der Waals surface area (Å²) in [5.74, 6) is 0. The van der Waals surface area contributed by atoms with Crippen molar-refractivity contribution in [2.75, 3.05) is 6.26 Å². The van der Waals surface area contributed by atoms with Crippen LogP contribution >= 0.6 is 0 Å². The summed E-state index contributed by atoms with van der Waals surface area (Å²) in [5.41, 5.74) is 1.40. The van der Waals surface area contributed by atoms with Crippen LogP contribution in [0.4, 0.5) is 0 Å². The fraction of sp³-hybridized carbons (Fsp3) is 0.333. The van der Waals surface area contributed by atoms with Gasteiger partial charge in [0.2, 0.25) is 15.0 Å². The van der Waals surface area contributed by atoms with E-state index >= 15 is 0 Å². The van der Waals surface area contributed by atoms with E-state index in [9.17, 15) is 8.42 Å². The van der Waals surface area contributed by atoms with Crippen molar-refractivity contribution in [3.8, 4) is 0 Å². The largest absolute Gasteiger partial charge is 0.328 e. The molecule has 1 N–H and O–H groups in total. The van der Waals surface area contributed by atoms with E-state index in [1.54, 1.807) is 0 Å². The minimum Gasteiger partial charge on any atom is -0.328 e. The normalized spacial score (nSPS) is 16.5. The number of imidazole rings is 1. The molecule has 2 rings (SSSR count). The van der Waals surface area contributed by atoms with Gasteiger partial charge in [-0.15, -0.1) is 0 Å². The van der Waals surface area contributed by atoms with Gasteiger partial charge in [0.1, 0.15) is 0 Å². The van der Waals surface area contributed by atoms with Gasteiger partial charge >= 0.3 is 0 Å². The first-order valence-corrected chi connectivity index (χ1v) is 6.44. The Morgan fingerprint density at radius 3 is 2.73 bits per heavy atom. The number of nitrogens with zero attached hydrogens (tertiary/aromatic N) is 2. The van der Waals surface area contributed by atoms with Crippen molar-refractivity contribution in [2.45, 2.75) is 18.0 Å². The second-order valence-electron chi connectivity index (χ2n) is 3.35. The van der Waals surface area contributed by atoms with Gasteiger partial charge in [0, 0.05) is 12.5 Å². The molecule has 0 amide bonds. The van der Waals surface area contributed by atoms with Crippen LogP contribution < -0.4 is 0 Å². The highest BCUT2D eigenvalue weighted by molar-refractivity contribution is 7.90. The summed E-state index contributed by atoms with van der Waals surface area (Å²) in [7, 11) is -3.27. The number of hydrogen-bond donors (Lipinski definition) is 1. The molecule has 0 aromatic carbocycles. The van der Waals surface area contributed by atoms with Gasteiger partial charge in [-0.05, 0) is 12.8 Å². The van der Waals surface area contributed by atoms with Crippen LogP contribution in [0.5, 0.6) is 0 Å². The van der Waals surface area contributed by atoms with Crippen LogP contribution in [-0.4, -0.2) is 30.9 Å². The summed E-state index contributed by atoms with van der Waals surface area (Å²) < 4.78 is 22.4. The van der Waals surface area contributed by atoms with Gasteiger partial charge in [0.15, 0.2) is 0 Å². The molecule has 15 heavy (non-hydrogen) atoms. The van der Waals surface area contributed by atoms with Crippen LogP contribution in [-0.2, 0) is 9.84 Å². The van der Waals surface area contributed by atoms with Crippen LogP contribution in [0.2, 0.25) is 0 Å². The maximum atomic E-state index is 11.2. The molecule has 6 heteroatoms. The highest BCUT2D eigenvalue weighted by Gasteiger charge is 2.13. The summed E-state index contributed by atoms with van der Waals surface area (Å²) in [4.78, 5) is 10.7. The summed E-state index contributed by atoms with van der Waals surface area (Å²) in [5, 5.41) is -0.0147. The van der Waals surface area contributed by atoms with Crippen molar-refractivity contribution in [3.63, 3.8) is 0 Å². The van der Waals surface area contributed by atoms with Gasteiger partial charge < -0.3 is 4.98 Å². The number of aromatic nitrogens is 2. The van der Waals surface area contributed by atoms with Crippen molar-refractivity contribution in [1.82, 2.24) is 9.97 Å². The van der Waals surface area contributed by atoms with E-state index in [1.807, 2.05) is 12.3 Å². The third-order valence-corrected chi connectivity index (χ3v) is 2.95. The minimum atomic E-state index is -3.27. The standard InChI is InChI=1S/C9H11N3O2S/c1-15(13,14)9-11-6-8(12-9)7-4-2-3-5-10-7/h4-6H,2-3H2,1H3,(H,11,12). The molecule has 0 bridgehead atoms. The van der Waals surface area contributed by atoms with E-state index in [0.717, 1.165) is 24.8 Å². The number of sulfone groups is 1. The van der Waals surface area contributed by atoms with E-state index in [-0.39, 0.29) is 5.16 Å². The molecular weight excluding hydrogens is 214 g/mol. The summed E-state index contributed by atoms with van der Waals surface area (Å²) >= 11 is 0. The average molecular weight is 225 g/mol. The highest BCUT2D eigenvalue weighted by Crippen LogP contribution is 2.18. The van der Waals surface area contributed by atoms with E-state index in [2.05, 4.69) is 15.0 Å². The molecule has 0 atom stereocenters. The predicted molar refractivity (Wildman–Crippen MR) is 57.4 cm³/mol. The molecule has 0 saturated carbocycles. The number of allylic oxidation sites excluding steroid dienone is 1. The van der Waals surface area contributed by atoms with Crippen molar-refractivity contribution in [2.24, 2.45) is 4.99 Å². The Hall–Kier alpha value is -1.43. The van der Waals surface area contributed by atoms with E-state index in [4.69, 9.17) is 0 Å². The lowest BCUT2D eigenvalue weighted by Gasteiger charge is -2.02. The summed E-state index contributed by atoms with van der Waals surface area (Å²) in [6, 6.07) is 0. The molecule has 1 aromatic heterocycles. The molecule has 1 aliphatic heterocycles. The first-order chi connectivity index (χ1) is 7.07. The molecule has 0 unspecified atom stereocenters. The third kappa shape index (κ3) is 2.15. The Kier molecular flexibility index (Phi) is 2.44. The monoisotopic (exact) mass is 225 g/mol. The van der Waals surface area contributed by atoms with Crippen LogP contribution in [0.3, 0.4) is 0 Å². The Morgan fingerprint density at radius 1 is 1.40 bits per heavy atom. The Labute approximate surface area is 87.9 Å². The number of nitrogens with one attached hydrogen (secondary N) is 1. The quantitative estimate of drug-likeness (QED) is 0.816. The third-order valence-electron chi connectivity index (χ3n) is 2.04. The maximum Gasteiger partial charge on any atom is 0.225 e. The minimum absolute atomic E-state index is 0.0147. The zero-order valence-corrected chi connectivity index (χ0v) is 9.08. The second-order valence-corrected chi connectivity index (χ2v) is 5.28. The number of rotatable bonds is 2. The Balaban J connectivity index is 2.36. The van der Waals surface area contributed by atoms with Crippen LogP contribution in [0.25, 0.3) is 5.70 Å². The lowest BCUT2D eigenvalue weighted by atomic mass is 10.2. The second kappa shape index (κ2) is 3.62. The molecule has 5 nitrogen and oxygen atoms in total. The Morgan fingerprint density at radius 2 is 2.20 bits per heavy atom. The van der Waals surface area contributed by atoms with Crippen molar-refractivity contribution in [1.29, 1.82) is 0 Å². The van der Waals surface area contributed by atoms with Crippen LogP contribution in [0.1, 0.15) is 18.5 Å². The van der Waals surface area contributed by atoms with Crippen molar-refractivity contribution in [3.05, 3.63) is 18.0 Å². The van der Waals surface area contributed by atoms with E-state index in [0.29, 0.717) is 5.69 Å². The van der Waals surface area contributed by atoms with Crippen molar-refractivity contribution >= 4 is 21.7 Å². The molecule has 1 aromatic rings. The van der Waals surface area contributed by atoms with E-state index < -0.39 is 9.84 Å². The molecule has 2 heterocycles.